The number of benzene rings is 1. The molecular formula is C12H15F2NO2. The highest BCUT2D eigenvalue weighted by atomic mass is 19.1. The molecule has 5 heteroatoms. The summed E-state index contributed by atoms with van der Waals surface area (Å²) in [6, 6.07) is 3.62. The maximum atomic E-state index is 13.2. The molecule has 0 heterocycles. The molecule has 0 aliphatic rings. The van der Waals surface area contributed by atoms with Gasteiger partial charge in [-0.1, -0.05) is 6.07 Å². The van der Waals surface area contributed by atoms with Gasteiger partial charge in [0, 0.05) is 25.1 Å². The first-order valence-corrected chi connectivity index (χ1v) is 5.45. The first-order valence-electron chi connectivity index (χ1n) is 5.45. The van der Waals surface area contributed by atoms with Gasteiger partial charge in [-0.3, -0.25) is 4.79 Å². The molecule has 0 aliphatic carbocycles. The van der Waals surface area contributed by atoms with Crippen molar-refractivity contribution in [1.29, 1.82) is 0 Å². The first-order chi connectivity index (χ1) is 8.15. The van der Waals surface area contributed by atoms with Gasteiger partial charge in [-0.25, -0.2) is 8.78 Å². The number of carbonyl (C=O) groups is 1. The number of carbonyl (C=O) groups excluding carboxylic acids is 1. The monoisotopic (exact) mass is 243 g/mol. The molecule has 0 aromatic heterocycles. The maximum Gasteiger partial charge on any atom is 0.220 e. The molecule has 1 aromatic rings. The van der Waals surface area contributed by atoms with Gasteiger partial charge in [0.25, 0.3) is 0 Å². The smallest absolute Gasteiger partial charge is 0.220 e. The number of amides is 1. The van der Waals surface area contributed by atoms with Crippen LogP contribution in [0.1, 0.15) is 18.4 Å². The number of nitrogens with one attached hydrogen (secondary N) is 1. The Morgan fingerprint density at radius 3 is 2.53 bits per heavy atom. The van der Waals surface area contributed by atoms with Crippen molar-refractivity contribution in [2.75, 3.05) is 13.2 Å². The van der Waals surface area contributed by atoms with Crippen molar-refractivity contribution in [2.45, 2.75) is 19.3 Å². The molecule has 0 bridgehead atoms. The van der Waals surface area contributed by atoms with Gasteiger partial charge < -0.3 is 10.4 Å². The molecule has 1 rings (SSSR count). The summed E-state index contributed by atoms with van der Waals surface area (Å²) in [4.78, 5) is 11.3. The van der Waals surface area contributed by atoms with Crippen molar-refractivity contribution < 1.29 is 18.7 Å². The minimum absolute atomic E-state index is 0.00220. The van der Waals surface area contributed by atoms with Crippen molar-refractivity contribution in [3.8, 4) is 0 Å². The summed E-state index contributed by atoms with van der Waals surface area (Å²) in [6.45, 7) is 0.372. The normalized spacial score (nSPS) is 10.3. The Labute approximate surface area is 98.5 Å². The lowest BCUT2D eigenvalue weighted by Crippen LogP contribution is -2.25. The van der Waals surface area contributed by atoms with Crippen molar-refractivity contribution in [3.05, 3.63) is 35.4 Å². The average Bonchev–Trinajstić information content (AvgIpc) is 2.29. The minimum Gasteiger partial charge on any atom is -0.396 e. The predicted molar refractivity (Wildman–Crippen MR) is 59.4 cm³/mol. The third-order valence-corrected chi connectivity index (χ3v) is 2.32. The Balaban J connectivity index is 2.42. The molecule has 0 saturated heterocycles. The number of aliphatic hydroxyl groups is 1. The van der Waals surface area contributed by atoms with Gasteiger partial charge in [0.15, 0.2) is 0 Å². The summed E-state index contributed by atoms with van der Waals surface area (Å²) in [5.74, 6) is -1.54. The van der Waals surface area contributed by atoms with Crippen LogP contribution in [-0.4, -0.2) is 24.2 Å². The average molecular weight is 243 g/mol. The molecule has 1 aromatic carbocycles. The molecular weight excluding hydrogens is 228 g/mol. The van der Waals surface area contributed by atoms with E-state index in [-0.39, 0.29) is 30.9 Å². The van der Waals surface area contributed by atoms with Crippen LogP contribution in [-0.2, 0) is 11.2 Å². The molecule has 0 radical (unpaired) electrons. The van der Waals surface area contributed by atoms with Gasteiger partial charge in [0.2, 0.25) is 5.91 Å². The van der Waals surface area contributed by atoms with E-state index in [4.69, 9.17) is 5.11 Å². The fourth-order valence-electron chi connectivity index (χ4n) is 1.40. The Morgan fingerprint density at radius 1 is 1.29 bits per heavy atom. The molecule has 2 N–H and O–H groups in total. The van der Waals surface area contributed by atoms with E-state index in [0.717, 1.165) is 0 Å². The van der Waals surface area contributed by atoms with E-state index in [9.17, 15) is 13.6 Å². The largest absolute Gasteiger partial charge is 0.396 e. The maximum absolute atomic E-state index is 13.2. The summed E-state index contributed by atoms with van der Waals surface area (Å²) >= 11 is 0. The number of aliphatic hydroxyl groups excluding tert-OH is 1. The van der Waals surface area contributed by atoms with Crippen molar-refractivity contribution in [1.82, 2.24) is 5.32 Å². The van der Waals surface area contributed by atoms with Crippen LogP contribution in [0.2, 0.25) is 0 Å². The summed E-state index contributed by atoms with van der Waals surface area (Å²) in [5.41, 5.74) is -0.0650. The van der Waals surface area contributed by atoms with Crippen LogP contribution in [0, 0.1) is 11.6 Å². The van der Waals surface area contributed by atoms with Crippen molar-refractivity contribution >= 4 is 5.91 Å². The summed E-state index contributed by atoms with van der Waals surface area (Å²) < 4.78 is 26.4. The molecule has 0 fully saturated rings. The second kappa shape index (κ2) is 6.96. The fraction of sp³-hybridized carbons (Fsp3) is 0.417. The van der Waals surface area contributed by atoms with Gasteiger partial charge >= 0.3 is 0 Å². The van der Waals surface area contributed by atoms with Gasteiger partial charge in [-0.05, 0) is 25.0 Å². The first kappa shape index (κ1) is 13.6. The SMILES string of the molecule is O=C(CCc1c(F)cccc1F)NCCCO. The van der Waals surface area contributed by atoms with Crippen LogP contribution >= 0.6 is 0 Å². The van der Waals surface area contributed by atoms with Crippen molar-refractivity contribution in [3.63, 3.8) is 0 Å². The van der Waals surface area contributed by atoms with E-state index < -0.39 is 11.6 Å². The molecule has 0 unspecified atom stereocenters. The predicted octanol–water partition coefficient (Wildman–Crippen LogP) is 1.40. The highest BCUT2D eigenvalue weighted by molar-refractivity contribution is 5.76. The van der Waals surface area contributed by atoms with E-state index in [0.29, 0.717) is 13.0 Å². The van der Waals surface area contributed by atoms with Gasteiger partial charge in [0.05, 0.1) is 0 Å². The fourth-order valence-corrected chi connectivity index (χ4v) is 1.40. The number of hydrogen-bond acceptors (Lipinski definition) is 2. The van der Waals surface area contributed by atoms with Crippen LogP contribution in [0.25, 0.3) is 0 Å². The lowest BCUT2D eigenvalue weighted by molar-refractivity contribution is -0.121. The van der Waals surface area contributed by atoms with Gasteiger partial charge in [-0.2, -0.15) is 0 Å². The van der Waals surface area contributed by atoms with Crippen LogP contribution in [0.5, 0.6) is 0 Å². The third kappa shape index (κ3) is 4.48. The lowest BCUT2D eigenvalue weighted by Gasteiger charge is -2.05. The number of halogens is 2. The Bertz CT molecular complexity index is 363. The van der Waals surface area contributed by atoms with Crippen LogP contribution in [0.15, 0.2) is 18.2 Å². The second-order valence-electron chi connectivity index (χ2n) is 3.63. The zero-order valence-corrected chi connectivity index (χ0v) is 9.38. The quantitative estimate of drug-likeness (QED) is 0.742. The third-order valence-electron chi connectivity index (χ3n) is 2.32. The highest BCUT2D eigenvalue weighted by Crippen LogP contribution is 2.13. The second-order valence-corrected chi connectivity index (χ2v) is 3.63. The van der Waals surface area contributed by atoms with Crippen molar-refractivity contribution in [2.24, 2.45) is 0 Å². The molecule has 0 saturated carbocycles. The lowest BCUT2D eigenvalue weighted by atomic mass is 10.1. The highest BCUT2D eigenvalue weighted by Gasteiger charge is 2.10. The van der Waals surface area contributed by atoms with E-state index in [1.807, 2.05) is 0 Å². The van der Waals surface area contributed by atoms with Crippen LogP contribution < -0.4 is 5.32 Å². The summed E-state index contributed by atoms with van der Waals surface area (Å²) in [6.07, 6.45) is 0.534. The molecule has 17 heavy (non-hydrogen) atoms. The van der Waals surface area contributed by atoms with Crippen LogP contribution in [0.3, 0.4) is 0 Å². The zero-order valence-electron chi connectivity index (χ0n) is 9.38. The zero-order chi connectivity index (χ0) is 12.7. The molecule has 0 aliphatic heterocycles. The van der Waals surface area contributed by atoms with E-state index in [1.165, 1.54) is 18.2 Å². The molecule has 1 amide bonds. The Kier molecular flexibility index (Phi) is 5.56. The topological polar surface area (TPSA) is 49.3 Å². The van der Waals surface area contributed by atoms with E-state index in [1.54, 1.807) is 0 Å². The minimum atomic E-state index is -0.631. The standard InChI is InChI=1S/C12H15F2NO2/c13-10-3-1-4-11(14)9(10)5-6-12(17)15-7-2-8-16/h1,3-4,16H,2,5-8H2,(H,15,17). The molecule has 3 nitrogen and oxygen atoms in total. The summed E-state index contributed by atoms with van der Waals surface area (Å²) in [5, 5.41) is 11.1. The Morgan fingerprint density at radius 2 is 1.94 bits per heavy atom. The van der Waals surface area contributed by atoms with Gasteiger partial charge in [0.1, 0.15) is 11.6 Å². The van der Waals surface area contributed by atoms with Gasteiger partial charge in [-0.15, -0.1) is 0 Å². The molecule has 94 valence electrons. The molecule has 0 spiro atoms. The van der Waals surface area contributed by atoms with E-state index >= 15 is 0 Å². The molecule has 0 atom stereocenters. The number of rotatable bonds is 6. The van der Waals surface area contributed by atoms with Crippen LogP contribution in [0.4, 0.5) is 8.78 Å². The number of hydrogen-bond donors (Lipinski definition) is 2. The van der Waals surface area contributed by atoms with E-state index in [2.05, 4.69) is 5.32 Å². The Hall–Kier alpha value is -1.49. The summed E-state index contributed by atoms with van der Waals surface area (Å²) in [7, 11) is 0.